The maximum atomic E-state index is 13.5. The second kappa shape index (κ2) is 12.2. The van der Waals surface area contributed by atoms with Crippen molar-refractivity contribution in [2.24, 2.45) is 5.92 Å². The number of alkyl carbamates (subject to hydrolysis) is 1. The Labute approximate surface area is 233 Å². The number of thiazole rings is 1. The second-order valence-corrected chi connectivity index (χ2v) is 11.4. The predicted molar refractivity (Wildman–Crippen MR) is 140 cm³/mol. The maximum Gasteiger partial charge on any atom is 0.408 e. The minimum atomic E-state index is -1.43. The monoisotopic (exact) mass is 583 g/mol. The molecular weight excluding hydrogens is 550 g/mol. The van der Waals surface area contributed by atoms with Gasteiger partial charge in [-0.25, -0.2) is 14.6 Å². The van der Waals surface area contributed by atoms with Gasteiger partial charge in [0.05, 0.1) is 10.9 Å². The van der Waals surface area contributed by atoms with Crippen molar-refractivity contribution in [3.63, 3.8) is 0 Å². The molecule has 0 radical (unpaired) electrons. The lowest BCUT2D eigenvalue weighted by molar-refractivity contribution is -0.170. The number of hydrogen-bond acceptors (Lipinski definition) is 14. The van der Waals surface area contributed by atoms with Crippen molar-refractivity contribution in [3.8, 4) is 0 Å². The molecule has 220 valence electrons. The van der Waals surface area contributed by atoms with E-state index in [2.05, 4.69) is 15.3 Å². The number of nitrogens with one attached hydrogen (secondary N) is 1. The van der Waals surface area contributed by atoms with Gasteiger partial charge in [-0.05, 0) is 26.7 Å². The summed E-state index contributed by atoms with van der Waals surface area (Å²) in [6.07, 6.45) is -4.73. The Kier molecular flexibility index (Phi) is 9.35. The molecule has 0 unspecified atom stereocenters. The smallest absolute Gasteiger partial charge is 0.408 e. The molecule has 3 rings (SSSR count). The van der Waals surface area contributed by atoms with Gasteiger partial charge in [0, 0.05) is 13.8 Å². The van der Waals surface area contributed by atoms with Crippen LogP contribution in [0.25, 0.3) is 10.3 Å². The highest BCUT2D eigenvalue weighted by atomic mass is 32.1. The quantitative estimate of drug-likeness (QED) is 0.333. The molecule has 3 heterocycles. The van der Waals surface area contributed by atoms with E-state index in [0.717, 1.165) is 22.8 Å². The number of esters is 3. The number of aromatic nitrogens is 3. The molecule has 1 aliphatic heterocycles. The molecule has 0 bridgehead atoms. The molecule has 1 amide bonds. The van der Waals surface area contributed by atoms with E-state index in [9.17, 15) is 24.0 Å². The van der Waals surface area contributed by atoms with Gasteiger partial charge in [-0.2, -0.15) is 4.98 Å². The van der Waals surface area contributed by atoms with Crippen LogP contribution in [0.1, 0.15) is 54.7 Å². The summed E-state index contributed by atoms with van der Waals surface area (Å²) in [5, 5.41) is 2.49. The number of ether oxygens (including phenoxy) is 5. The number of amides is 1. The number of nitrogens with zero attached hydrogens (tertiary/aromatic N) is 3. The van der Waals surface area contributed by atoms with Crippen LogP contribution < -0.4 is 15.9 Å². The summed E-state index contributed by atoms with van der Waals surface area (Å²) in [6, 6.07) is -1.19. The first-order valence-electron chi connectivity index (χ1n) is 12.4. The number of hydrogen-bond donors (Lipinski definition) is 2. The topological polar surface area (TPSA) is 200 Å². The van der Waals surface area contributed by atoms with E-state index in [1.807, 2.05) is 0 Å². The normalized spacial score (nSPS) is 21.6. The van der Waals surface area contributed by atoms with Gasteiger partial charge in [0.15, 0.2) is 24.1 Å². The highest BCUT2D eigenvalue weighted by Gasteiger charge is 2.52. The summed E-state index contributed by atoms with van der Waals surface area (Å²) in [5.74, 6) is -2.87. The van der Waals surface area contributed by atoms with E-state index < -0.39 is 71.0 Å². The molecule has 2 aromatic rings. The summed E-state index contributed by atoms with van der Waals surface area (Å²) in [7, 11) is 0. The lowest BCUT2D eigenvalue weighted by Gasteiger charge is -2.28. The predicted octanol–water partition coefficient (Wildman–Crippen LogP) is 1.29. The number of carbonyl (C=O) groups is 4. The van der Waals surface area contributed by atoms with Crippen molar-refractivity contribution in [1.82, 2.24) is 19.9 Å². The van der Waals surface area contributed by atoms with Crippen molar-refractivity contribution in [1.29, 1.82) is 0 Å². The minimum absolute atomic E-state index is 0.0931. The maximum absolute atomic E-state index is 13.5. The fourth-order valence-corrected chi connectivity index (χ4v) is 4.74. The first-order chi connectivity index (χ1) is 18.6. The van der Waals surface area contributed by atoms with Crippen LogP contribution in [-0.2, 0) is 38.1 Å². The molecule has 1 saturated heterocycles. The van der Waals surface area contributed by atoms with Gasteiger partial charge in [0.25, 0.3) is 0 Å². The Balaban J connectivity index is 2.04. The van der Waals surface area contributed by atoms with Gasteiger partial charge >= 0.3 is 28.9 Å². The van der Waals surface area contributed by atoms with E-state index in [4.69, 9.17) is 29.4 Å². The average molecular weight is 584 g/mol. The van der Waals surface area contributed by atoms with Crippen LogP contribution >= 0.6 is 11.3 Å². The zero-order valence-electron chi connectivity index (χ0n) is 23.2. The summed E-state index contributed by atoms with van der Waals surface area (Å²) < 4.78 is 29.1. The standard InChI is InChI=1S/C24H33N5O10S/c1-10(2)15(27-22(33)39-24(5,6)7)20(32)38-17-16(36-12(4)31)13(9-35-11(3)30)37-19(17)29-18-14(40-23(29)34)8-26-21(25)28-18/h8,10,13,15-17,19H,9H2,1-7H3,(H,27,33)(H2,25,26,28)/t13-,15+,16+,17-,19-/m1/s1. The molecule has 3 N–H and O–H groups in total. The molecule has 0 spiro atoms. The van der Waals surface area contributed by atoms with Gasteiger partial charge in [-0.1, -0.05) is 25.2 Å². The van der Waals surface area contributed by atoms with Crippen molar-refractivity contribution < 1.29 is 42.9 Å². The SMILES string of the molecule is CC(=O)OC[C@H]1O[C@@H](n2c(=O)sc3cnc(N)nc32)[C@H](OC(=O)[C@@H](NC(=O)OC(C)(C)C)C(C)C)[C@H]1OC(C)=O. The van der Waals surface area contributed by atoms with E-state index >= 15 is 0 Å². The number of carbonyl (C=O) groups excluding carboxylic acids is 4. The Bertz CT molecular complexity index is 1330. The molecule has 40 heavy (non-hydrogen) atoms. The van der Waals surface area contributed by atoms with Gasteiger partial charge in [-0.3, -0.25) is 19.0 Å². The summed E-state index contributed by atoms with van der Waals surface area (Å²) >= 11 is 0.794. The van der Waals surface area contributed by atoms with Crippen LogP contribution in [0.3, 0.4) is 0 Å². The lowest BCUT2D eigenvalue weighted by Crippen LogP contribution is -2.50. The van der Waals surface area contributed by atoms with Crippen LogP contribution in [0.5, 0.6) is 0 Å². The Morgan fingerprint density at radius 1 is 1.15 bits per heavy atom. The van der Waals surface area contributed by atoms with E-state index in [-0.39, 0.29) is 18.2 Å². The second-order valence-electron chi connectivity index (χ2n) is 10.4. The van der Waals surface area contributed by atoms with E-state index in [0.29, 0.717) is 4.70 Å². The molecule has 2 aromatic heterocycles. The zero-order valence-corrected chi connectivity index (χ0v) is 24.0. The molecule has 0 aromatic carbocycles. The third-order valence-corrected chi connectivity index (χ3v) is 6.39. The molecule has 0 aliphatic carbocycles. The molecule has 1 fully saturated rings. The van der Waals surface area contributed by atoms with E-state index in [1.54, 1.807) is 34.6 Å². The summed E-state index contributed by atoms with van der Waals surface area (Å²) in [5.41, 5.74) is 5.01. The molecule has 15 nitrogen and oxygen atoms in total. The Morgan fingerprint density at radius 2 is 1.82 bits per heavy atom. The molecule has 5 atom stereocenters. The highest BCUT2D eigenvalue weighted by molar-refractivity contribution is 7.16. The largest absolute Gasteiger partial charge is 0.463 e. The number of nitrogens with two attached hydrogens (primary N) is 1. The fraction of sp³-hybridized carbons (Fsp3) is 0.625. The van der Waals surface area contributed by atoms with E-state index in [1.165, 1.54) is 13.1 Å². The first kappa shape index (κ1) is 30.7. The Hall–Kier alpha value is -3.79. The van der Waals surface area contributed by atoms with Gasteiger partial charge in [0.1, 0.15) is 24.4 Å². The fourth-order valence-electron chi connectivity index (χ4n) is 3.92. The van der Waals surface area contributed by atoms with Crippen molar-refractivity contribution in [3.05, 3.63) is 15.9 Å². The van der Waals surface area contributed by atoms with Crippen LogP contribution in [0.2, 0.25) is 0 Å². The third kappa shape index (κ3) is 7.44. The number of rotatable bonds is 8. The van der Waals surface area contributed by atoms with Crippen molar-refractivity contribution in [2.75, 3.05) is 12.3 Å². The van der Waals surface area contributed by atoms with Crippen molar-refractivity contribution in [2.45, 2.75) is 84.6 Å². The Morgan fingerprint density at radius 3 is 2.40 bits per heavy atom. The molecule has 16 heteroatoms. The molecular formula is C24H33N5O10S. The van der Waals surface area contributed by atoms with Crippen LogP contribution in [0, 0.1) is 5.92 Å². The molecule has 0 saturated carbocycles. The van der Waals surface area contributed by atoms with Crippen LogP contribution in [-0.4, -0.2) is 75.1 Å². The first-order valence-corrected chi connectivity index (χ1v) is 13.2. The van der Waals surface area contributed by atoms with Gasteiger partial charge < -0.3 is 34.7 Å². The highest BCUT2D eigenvalue weighted by Crippen LogP contribution is 2.36. The summed E-state index contributed by atoms with van der Waals surface area (Å²) in [6.45, 7) is 10.3. The zero-order chi connectivity index (χ0) is 29.9. The van der Waals surface area contributed by atoms with Crippen molar-refractivity contribution >= 4 is 51.6 Å². The number of anilines is 1. The lowest BCUT2D eigenvalue weighted by atomic mass is 10.0. The minimum Gasteiger partial charge on any atom is -0.463 e. The average Bonchev–Trinajstić information content (AvgIpc) is 3.29. The van der Waals surface area contributed by atoms with Gasteiger partial charge in [0.2, 0.25) is 5.95 Å². The van der Waals surface area contributed by atoms with Crippen LogP contribution in [0.15, 0.2) is 11.0 Å². The molecule has 1 aliphatic rings. The number of nitrogen functional groups attached to an aromatic ring is 1. The third-order valence-electron chi connectivity index (χ3n) is 5.52. The number of fused-ring (bicyclic) bond motifs is 1. The van der Waals surface area contributed by atoms with Gasteiger partial charge in [-0.15, -0.1) is 0 Å². The van der Waals surface area contributed by atoms with Crippen LogP contribution in [0.4, 0.5) is 10.7 Å². The summed E-state index contributed by atoms with van der Waals surface area (Å²) in [4.78, 5) is 70.0.